The summed E-state index contributed by atoms with van der Waals surface area (Å²) in [5.41, 5.74) is 3.43. The molecule has 9 heteroatoms. The minimum atomic E-state index is -4.19. The predicted molar refractivity (Wildman–Crippen MR) is 183 cm³/mol. The van der Waals surface area contributed by atoms with E-state index in [1.807, 2.05) is 43.3 Å². The Morgan fingerprint density at radius 1 is 0.809 bits per heavy atom. The van der Waals surface area contributed by atoms with Gasteiger partial charge in [-0.15, -0.1) is 0 Å². The Morgan fingerprint density at radius 3 is 2.11 bits per heavy atom. The number of halogens is 1. The zero-order valence-corrected chi connectivity index (χ0v) is 27.8. The number of sulfonamides is 1. The average Bonchev–Trinajstić information content (AvgIpc) is 3.07. The molecule has 47 heavy (non-hydrogen) atoms. The summed E-state index contributed by atoms with van der Waals surface area (Å²) < 4.78 is 43.5. The van der Waals surface area contributed by atoms with Crippen molar-refractivity contribution in [3.63, 3.8) is 0 Å². The maximum absolute atomic E-state index is 14.6. The monoisotopic (exact) mass is 655 g/mol. The number of hydrogen-bond donors (Lipinski definition) is 1. The van der Waals surface area contributed by atoms with E-state index < -0.39 is 34.3 Å². The van der Waals surface area contributed by atoms with E-state index in [1.54, 1.807) is 49.4 Å². The predicted octanol–water partition coefficient (Wildman–Crippen LogP) is 6.73. The van der Waals surface area contributed by atoms with Crippen LogP contribution in [0.1, 0.15) is 54.4 Å². The van der Waals surface area contributed by atoms with E-state index >= 15 is 0 Å². The standard InChI is InChI=1S/C38H42FN3O4S/c1-28-17-23-34(24-18-28)47(45,46)42(35-16-10-9-11-29(35)2)27-37(43)41(26-31-19-21-32(39)22-20-31)36(25-30-12-5-3-6-13-30)38(44)40-33-14-7-4-8-15-33/h3,5-6,9-13,16-24,33,36H,4,7-8,14-15,25-27H2,1-2H3,(H,40,44). The first kappa shape index (κ1) is 33.9. The van der Waals surface area contributed by atoms with Crippen molar-refractivity contribution >= 4 is 27.5 Å². The lowest BCUT2D eigenvalue weighted by Crippen LogP contribution is -2.55. The molecule has 2 amide bonds. The summed E-state index contributed by atoms with van der Waals surface area (Å²) in [5.74, 6) is -1.26. The molecule has 0 spiro atoms. The van der Waals surface area contributed by atoms with E-state index in [4.69, 9.17) is 0 Å². The molecule has 1 aliphatic rings. The van der Waals surface area contributed by atoms with Crippen LogP contribution < -0.4 is 9.62 Å². The van der Waals surface area contributed by atoms with Gasteiger partial charge in [0.15, 0.2) is 0 Å². The molecule has 0 radical (unpaired) electrons. The van der Waals surface area contributed by atoms with Crippen molar-refractivity contribution in [2.75, 3.05) is 10.8 Å². The highest BCUT2D eigenvalue weighted by molar-refractivity contribution is 7.92. The second-order valence-corrected chi connectivity index (χ2v) is 14.2. The SMILES string of the molecule is Cc1ccc(S(=O)(=O)N(CC(=O)N(Cc2ccc(F)cc2)C(Cc2ccccc2)C(=O)NC2CCCCC2)c2ccccc2C)cc1. The first-order valence-electron chi connectivity index (χ1n) is 16.1. The molecule has 1 atom stereocenters. The Bertz CT molecular complexity index is 1760. The summed E-state index contributed by atoms with van der Waals surface area (Å²) in [6.07, 6.45) is 5.13. The van der Waals surface area contributed by atoms with Crippen molar-refractivity contribution in [2.45, 2.75) is 75.9 Å². The molecule has 4 aromatic rings. The highest BCUT2D eigenvalue weighted by atomic mass is 32.2. The fourth-order valence-electron chi connectivity index (χ4n) is 6.08. The largest absolute Gasteiger partial charge is 0.352 e. The molecule has 1 N–H and O–H groups in total. The maximum atomic E-state index is 14.6. The fraction of sp³-hybridized carbons (Fsp3) is 0.316. The van der Waals surface area contributed by atoms with Gasteiger partial charge in [-0.3, -0.25) is 13.9 Å². The molecule has 1 aliphatic carbocycles. The molecule has 0 saturated heterocycles. The molecular weight excluding hydrogens is 614 g/mol. The van der Waals surface area contributed by atoms with Crippen LogP contribution in [0.2, 0.25) is 0 Å². The van der Waals surface area contributed by atoms with Crippen LogP contribution in [0.5, 0.6) is 0 Å². The molecule has 1 saturated carbocycles. The quantitative estimate of drug-likeness (QED) is 0.184. The number of para-hydroxylation sites is 1. The highest BCUT2D eigenvalue weighted by Gasteiger charge is 2.35. The molecule has 4 aromatic carbocycles. The number of nitrogens with one attached hydrogen (secondary N) is 1. The molecule has 0 bridgehead atoms. The second kappa shape index (κ2) is 15.4. The van der Waals surface area contributed by atoms with Gasteiger partial charge < -0.3 is 10.2 Å². The molecule has 0 heterocycles. The van der Waals surface area contributed by atoms with Crippen molar-refractivity contribution in [1.82, 2.24) is 10.2 Å². The number of carbonyl (C=O) groups is 2. The first-order chi connectivity index (χ1) is 22.6. The zero-order valence-electron chi connectivity index (χ0n) is 26.9. The molecule has 0 aliphatic heterocycles. The van der Waals surface area contributed by atoms with Crippen LogP contribution in [-0.4, -0.2) is 43.8 Å². The van der Waals surface area contributed by atoms with Crippen LogP contribution in [0.3, 0.4) is 0 Å². The number of anilines is 1. The van der Waals surface area contributed by atoms with Gasteiger partial charge in [-0.25, -0.2) is 12.8 Å². The normalized spacial score (nSPS) is 14.3. The van der Waals surface area contributed by atoms with Crippen molar-refractivity contribution < 1.29 is 22.4 Å². The third-order valence-corrected chi connectivity index (χ3v) is 10.5. The minimum Gasteiger partial charge on any atom is -0.352 e. The number of hydrogen-bond acceptors (Lipinski definition) is 4. The third-order valence-electron chi connectivity index (χ3n) is 8.76. The number of amides is 2. The number of carbonyl (C=O) groups excluding carboxylic acids is 2. The fourth-order valence-corrected chi connectivity index (χ4v) is 7.56. The van der Waals surface area contributed by atoms with E-state index in [0.717, 1.165) is 47.5 Å². The third kappa shape index (κ3) is 8.65. The smallest absolute Gasteiger partial charge is 0.264 e. The Morgan fingerprint density at radius 2 is 1.45 bits per heavy atom. The molecule has 246 valence electrons. The molecule has 7 nitrogen and oxygen atoms in total. The van der Waals surface area contributed by atoms with Gasteiger partial charge in [0, 0.05) is 19.0 Å². The summed E-state index contributed by atoms with van der Waals surface area (Å²) in [5, 5.41) is 3.20. The Hall–Kier alpha value is -4.50. The maximum Gasteiger partial charge on any atom is 0.264 e. The topological polar surface area (TPSA) is 86.8 Å². The van der Waals surface area contributed by atoms with Gasteiger partial charge in [-0.2, -0.15) is 0 Å². The molecule has 1 unspecified atom stereocenters. The molecule has 1 fully saturated rings. The van der Waals surface area contributed by atoms with Crippen LogP contribution in [0, 0.1) is 19.7 Å². The van der Waals surface area contributed by atoms with Crippen LogP contribution in [0.4, 0.5) is 10.1 Å². The second-order valence-electron chi connectivity index (χ2n) is 12.3. The number of nitrogens with zero attached hydrogens (tertiary/aromatic N) is 2. The van der Waals surface area contributed by atoms with Gasteiger partial charge in [0.05, 0.1) is 10.6 Å². The highest BCUT2D eigenvalue weighted by Crippen LogP contribution is 2.28. The van der Waals surface area contributed by atoms with Crippen molar-refractivity contribution in [3.05, 3.63) is 131 Å². The van der Waals surface area contributed by atoms with E-state index in [1.165, 1.54) is 29.2 Å². The van der Waals surface area contributed by atoms with Gasteiger partial charge in [0.2, 0.25) is 11.8 Å². The van der Waals surface area contributed by atoms with Crippen LogP contribution in [-0.2, 0) is 32.6 Å². The van der Waals surface area contributed by atoms with E-state index in [-0.39, 0.29) is 29.8 Å². The Labute approximate surface area is 277 Å². The minimum absolute atomic E-state index is 0.00248. The van der Waals surface area contributed by atoms with Crippen molar-refractivity contribution in [2.24, 2.45) is 0 Å². The summed E-state index contributed by atoms with van der Waals surface area (Å²) >= 11 is 0. The summed E-state index contributed by atoms with van der Waals surface area (Å²) in [7, 11) is -4.19. The average molecular weight is 656 g/mol. The zero-order chi connectivity index (χ0) is 33.4. The summed E-state index contributed by atoms with van der Waals surface area (Å²) in [6, 6.07) is 27.8. The van der Waals surface area contributed by atoms with Crippen LogP contribution in [0.15, 0.2) is 108 Å². The molecule has 5 rings (SSSR count). The summed E-state index contributed by atoms with van der Waals surface area (Å²) in [4.78, 5) is 30.3. The van der Waals surface area contributed by atoms with Gasteiger partial charge in [0.25, 0.3) is 10.0 Å². The van der Waals surface area contributed by atoms with Gasteiger partial charge >= 0.3 is 0 Å². The lowest BCUT2D eigenvalue weighted by atomic mass is 9.94. The summed E-state index contributed by atoms with van der Waals surface area (Å²) in [6.45, 7) is 3.12. The van der Waals surface area contributed by atoms with Gasteiger partial charge in [0.1, 0.15) is 18.4 Å². The lowest BCUT2D eigenvalue weighted by molar-refractivity contribution is -0.140. The van der Waals surface area contributed by atoms with Gasteiger partial charge in [-0.05, 0) is 73.7 Å². The van der Waals surface area contributed by atoms with Gasteiger partial charge in [-0.1, -0.05) is 97.6 Å². The Kier molecular flexibility index (Phi) is 11.1. The lowest BCUT2D eigenvalue weighted by Gasteiger charge is -2.35. The van der Waals surface area contributed by atoms with E-state index in [9.17, 15) is 22.4 Å². The number of benzene rings is 4. The van der Waals surface area contributed by atoms with E-state index in [2.05, 4.69) is 5.32 Å². The number of aryl methyl sites for hydroxylation is 2. The van der Waals surface area contributed by atoms with Crippen molar-refractivity contribution in [3.8, 4) is 0 Å². The van der Waals surface area contributed by atoms with Crippen LogP contribution in [0.25, 0.3) is 0 Å². The van der Waals surface area contributed by atoms with E-state index in [0.29, 0.717) is 16.8 Å². The first-order valence-corrected chi connectivity index (χ1v) is 17.6. The Balaban J connectivity index is 1.56. The van der Waals surface area contributed by atoms with Crippen LogP contribution >= 0.6 is 0 Å². The molecular formula is C38H42FN3O4S. The molecule has 0 aromatic heterocycles. The number of rotatable bonds is 12. The van der Waals surface area contributed by atoms with Crippen molar-refractivity contribution in [1.29, 1.82) is 0 Å².